The van der Waals surface area contributed by atoms with Crippen LogP contribution in [0.4, 0.5) is 0 Å². The van der Waals surface area contributed by atoms with E-state index < -0.39 is 8.88 Å². The summed E-state index contributed by atoms with van der Waals surface area (Å²) in [4.78, 5) is 8.20. The number of nitrogens with one attached hydrogen (secondary N) is 2. The zero-order valence-corrected chi connectivity index (χ0v) is 19.6. The molecule has 2 saturated carbocycles. The Balaban J connectivity index is 2.28. The van der Waals surface area contributed by atoms with Crippen LogP contribution >= 0.6 is 0 Å². The maximum absolute atomic E-state index is 6.51. The Morgan fingerprint density at radius 3 is 1.30 bits per heavy atom. The van der Waals surface area contributed by atoms with E-state index in [4.69, 9.17) is 8.85 Å². The molecule has 4 nitrogen and oxygen atoms in total. The Labute approximate surface area is 170 Å². The lowest BCUT2D eigenvalue weighted by atomic mass is 9.79. The average molecular weight is 399 g/mol. The van der Waals surface area contributed by atoms with E-state index in [9.17, 15) is 0 Å². The first-order valence-electron chi connectivity index (χ1n) is 11.9. The fraction of sp³-hybridized carbons (Fsp3) is 1.00. The second-order valence-electron chi connectivity index (χ2n) is 8.91. The van der Waals surface area contributed by atoms with Gasteiger partial charge >= 0.3 is 8.88 Å². The molecule has 0 radical (unpaired) electrons. The van der Waals surface area contributed by atoms with Gasteiger partial charge in [0.15, 0.2) is 0 Å². The molecule has 0 spiro atoms. The highest BCUT2D eigenvalue weighted by molar-refractivity contribution is 6.62. The van der Waals surface area contributed by atoms with Gasteiger partial charge in [0.25, 0.3) is 0 Å². The molecule has 2 aliphatic carbocycles. The largest absolute Gasteiger partial charge is 0.517 e. The smallest absolute Gasteiger partial charge is 0.371 e. The van der Waals surface area contributed by atoms with E-state index in [0.29, 0.717) is 13.2 Å². The summed E-state index contributed by atoms with van der Waals surface area (Å²) in [5.74, 6) is 0. The molecule has 0 bridgehead atoms. The van der Waals surface area contributed by atoms with Crippen LogP contribution in [-0.4, -0.2) is 33.2 Å². The van der Waals surface area contributed by atoms with E-state index in [-0.39, 0.29) is 11.1 Å². The molecule has 0 aromatic carbocycles. The second-order valence-corrected chi connectivity index (χ2v) is 11.2. The van der Waals surface area contributed by atoms with Gasteiger partial charge in [-0.25, -0.2) is 0 Å². The highest BCUT2D eigenvalue weighted by Crippen LogP contribution is 2.36. The average Bonchev–Trinajstić information content (AvgIpc) is 2.64. The fourth-order valence-electron chi connectivity index (χ4n) is 5.61. The van der Waals surface area contributed by atoms with Crippen LogP contribution in [0.25, 0.3) is 0 Å². The molecule has 0 aliphatic heterocycles. The van der Waals surface area contributed by atoms with Gasteiger partial charge < -0.3 is 8.85 Å². The van der Waals surface area contributed by atoms with Crippen LogP contribution in [0.15, 0.2) is 0 Å². The summed E-state index contributed by atoms with van der Waals surface area (Å²) < 4.78 is 13.0. The lowest BCUT2D eigenvalue weighted by Crippen LogP contribution is -2.77. The van der Waals surface area contributed by atoms with Gasteiger partial charge in [-0.05, 0) is 52.4 Å². The van der Waals surface area contributed by atoms with Crippen molar-refractivity contribution >= 4 is 8.88 Å². The standard InChI is InChI=1S/C22H46N2O2Si/c1-5-15-21(17-11-9-12-18-21)23-27(25-7-3,26-8-4)24-22(16-6-2)19-13-10-14-20-22/h23-24H,5-20H2,1-4H3. The minimum absolute atomic E-state index is 0.193. The Morgan fingerprint density at radius 2 is 1.00 bits per heavy atom. The Bertz CT molecular complexity index is 358. The summed E-state index contributed by atoms with van der Waals surface area (Å²) in [6.07, 6.45) is 18.0. The minimum atomic E-state index is -2.69. The molecule has 0 heterocycles. The van der Waals surface area contributed by atoms with Crippen molar-refractivity contribution in [2.24, 2.45) is 0 Å². The summed E-state index contributed by atoms with van der Waals surface area (Å²) in [5.41, 5.74) is 0.386. The first kappa shape index (κ1) is 23.3. The van der Waals surface area contributed by atoms with Crippen molar-refractivity contribution in [3.63, 3.8) is 0 Å². The maximum atomic E-state index is 6.51. The molecule has 160 valence electrons. The quantitative estimate of drug-likeness (QED) is 0.415. The van der Waals surface area contributed by atoms with E-state index in [0.717, 1.165) is 0 Å². The molecule has 0 amide bonds. The first-order chi connectivity index (χ1) is 13.1. The van der Waals surface area contributed by atoms with Crippen LogP contribution in [0, 0.1) is 0 Å². The van der Waals surface area contributed by atoms with E-state index in [1.165, 1.54) is 89.9 Å². The van der Waals surface area contributed by atoms with E-state index in [1.807, 2.05) is 0 Å². The van der Waals surface area contributed by atoms with E-state index in [1.54, 1.807) is 0 Å². The third-order valence-corrected chi connectivity index (χ3v) is 9.74. The van der Waals surface area contributed by atoms with Gasteiger partial charge in [-0.15, -0.1) is 0 Å². The van der Waals surface area contributed by atoms with Crippen molar-refractivity contribution in [1.82, 2.24) is 9.96 Å². The van der Waals surface area contributed by atoms with Crippen molar-refractivity contribution in [3.8, 4) is 0 Å². The Kier molecular flexibility index (Phi) is 9.76. The fourth-order valence-corrected chi connectivity index (χ4v) is 9.01. The van der Waals surface area contributed by atoms with Crippen molar-refractivity contribution < 1.29 is 8.85 Å². The molecule has 2 aliphatic rings. The maximum Gasteiger partial charge on any atom is 0.517 e. The summed E-state index contributed by atoms with van der Waals surface area (Å²) in [5, 5.41) is 0. The van der Waals surface area contributed by atoms with Gasteiger partial charge in [-0.1, -0.05) is 65.2 Å². The number of hydrogen-bond acceptors (Lipinski definition) is 4. The van der Waals surface area contributed by atoms with E-state index in [2.05, 4.69) is 37.7 Å². The third kappa shape index (κ3) is 6.53. The molecule has 0 aromatic heterocycles. The van der Waals surface area contributed by atoms with Crippen LogP contribution in [-0.2, 0) is 8.85 Å². The topological polar surface area (TPSA) is 42.5 Å². The Hall–Kier alpha value is 0.0569. The highest BCUT2D eigenvalue weighted by atomic mass is 28.4. The molecule has 2 N–H and O–H groups in total. The molecule has 0 saturated heterocycles. The number of hydrogen-bond donors (Lipinski definition) is 2. The normalized spacial score (nSPS) is 22.7. The van der Waals surface area contributed by atoms with Crippen LogP contribution in [0.1, 0.15) is 118 Å². The number of rotatable bonds is 12. The molecular weight excluding hydrogens is 352 g/mol. The molecule has 0 aromatic rings. The molecule has 5 heteroatoms. The lowest BCUT2D eigenvalue weighted by molar-refractivity contribution is 0.103. The van der Waals surface area contributed by atoms with E-state index >= 15 is 0 Å². The molecule has 27 heavy (non-hydrogen) atoms. The van der Waals surface area contributed by atoms with Crippen molar-refractivity contribution in [1.29, 1.82) is 0 Å². The van der Waals surface area contributed by atoms with Crippen molar-refractivity contribution in [2.75, 3.05) is 13.2 Å². The van der Waals surface area contributed by atoms with Crippen LogP contribution in [0.3, 0.4) is 0 Å². The van der Waals surface area contributed by atoms with Gasteiger partial charge in [-0.2, -0.15) is 0 Å². The zero-order chi connectivity index (χ0) is 19.6. The summed E-state index contributed by atoms with van der Waals surface area (Å²) >= 11 is 0. The monoisotopic (exact) mass is 398 g/mol. The summed E-state index contributed by atoms with van der Waals surface area (Å²) in [6.45, 7) is 10.3. The van der Waals surface area contributed by atoms with Gasteiger partial charge in [0.2, 0.25) is 0 Å². The predicted octanol–water partition coefficient (Wildman–Crippen LogP) is 5.68. The second kappa shape index (κ2) is 11.3. The molecule has 0 unspecified atom stereocenters. The van der Waals surface area contributed by atoms with Crippen LogP contribution in [0.2, 0.25) is 0 Å². The Morgan fingerprint density at radius 1 is 0.630 bits per heavy atom. The van der Waals surface area contributed by atoms with Gasteiger partial charge in [0.1, 0.15) is 0 Å². The third-order valence-electron chi connectivity index (χ3n) is 6.63. The van der Waals surface area contributed by atoms with Crippen LogP contribution < -0.4 is 9.96 Å². The molecular formula is C22H46N2O2Si. The first-order valence-corrected chi connectivity index (χ1v) is 13.8. The van der Waals surface area contributed by atoms with Gasteiger partial charge in [-0.3, -0.25) is 9.96 Å². The molecule has 2 fully saturated rings. The molecule has 2 rings (SSSR count). The SMILES string of the molecule is CCCC1(N[Si](NC2(CCC)CCCCC2)(OCC)OCC)CCCCC1. The minimum Gasteiger partial charge on any atom is -0.371 e. The predicted molar refractivity (Wildman–Crippen MR) is 117 cm³/mol. The van der Waals surface area contributed by atoms with Crippen LogP contribution in [0.5, 0.6) is 0 Å². The molecule has 0 atom stereocenters. The van der Waals surface area contributed by atoms with Crippen molar-refractivity contribution in [3.05, 3.63) is 0 Å². The van der Waals surface area contributed by atoms with Gasteiger partial charge in [0.05, 0.1) is 0 Å². The van der Waals surface area contributed by atoms with Gasteiger partial charge in [0, 0.05) is 24.3 Å². The summed E-state index contributed by atoms with van der Waals surface area (Å²) in [6, 6.07) is 0. The highest BCUT2D eigenvalue weighted by Gasteiger charge is 2.51. The zero-order valence-electron chi connectivity index (χ0n) is 18.6. The summed E-state index contributed by atoms with van der Waals surface area (Å²) in [7, 11) is -2.69. The van der Waals surface area contributed by atoms with Crippen molar-refractivity contribution in [2.45, 2.75) is 129 Å². The lowest BCUT2D eigenvalue weighted by Gasteiger charge is -2.49.